The van der Waals surface area contributed by atoms with E-state index in [2.05, 4.69) is 18.0 Å². The van der Waals surface area contributed by atoms with Gasteiger partial charge >= 0.3 is 0 Å². The van der Waals surface area contributed by atoms with Crippen molar-refractivity contribution < 1.29 is 8.78 Å². The molecule has 0 atom stereocenters. The second kappa shape index (κ2) is 7.31. The highest BCUT2D eigenvalue weighted by atomic mass is 19.3. The number of benzene rings is 2. The lowest BCUT2D eigenvalue weighted by Gasteiger charge is -2.15. The topological polar surface area (TPSA) is 35.8 Å². The summed E-state index contributed by atoms with van der Waals surface area (Å²) in [6.07, 6.45) is 1.62. The predicted molar refractivity (Wildman–Crippen MR) is 98.0 cm³/mol. The molecule has 0 fully saturated rings. The molecule has 0 aromatic heterocycles. The number of alkyl halides is 2. The van der Waals surface area contributed by atoms with E-state index in [1.54, 1.807) is 26.1 Å². The van der Waals surface area contributed by atoms with E-state index >= 15 is 0 Å². The van der Waals surface area contributed by atoms with Crippen LogP contribution in [0.15, 0.2) is 60.8 Å². The zero-order valence-electron chi connectivity index (χ0n) is 14.5. The molecule has 2 aromatic carbocycles. The molecule has 2 rings (SSSR count). The normalized spacial score (nSPS) is 12.2. The maximum atomic E-state index is 13.7. The van der Waals surface area contributed by atoms with Gasteiger partial charge in [0, 0.05) is 25.1 Å². The van der Waals surface area contributed by atoms with Crippen molar-refractivity contribution in [3.8, 4) is 17.2 Å². The van der Waals surface area contributed by atoms with Gasteiger partial charge in [0.05, 0.1) is 0 Å². The summed E-state index contributed by atoms with van der Waals surface area (Å²) < 4.78 is 27.5. The fourth-order valence-corrected chi connectivity index (χ4v) is 2.73. The van der Waals surface area contributed by atoms with Crippen LogP contribution in [0.3, 0.4) is 0 Å². The van der Waals surface area contributed by atoms with E-state index in [1.165, 1.54) is 6.07 Å². The van der Waals surface area contributed by atoms with Gasteiger partial charge in [-0.3, -0.25) is 0 Å². The molecule has 0 unspecified atom stereocenters. The summed E-state index contributed by atoms with van der Waals surface area (Å²) >= 11 is 0. The Morgan fingerprint density at radius 2 is 1.76 bits per heavy atom. The average Bonchev–Trinajstić information content (AvgIpc) is 2.59. The van der Waals surface area contributed by atoms with Crippen LogP contribution < -0.4 is 5.32 Å². The van der Waals surface area contributed by atoms with Crippen molar-refractivity contribution in [3.63, 3.8) is 0 Å². The second-order valence-electron chi connectivity index (χ2n) is 5.85. The molecule has 0 spiro atoms. The summed E-state index contributed by atoms with van der Waals surface area (Å²) in [5, 5.41) is 12.0. The van der Waals surface area contributed by atoms with Crippen LogP contribution >= 0.6 is 0 Å². The summed E-state index contributed by atoms with van der Waals surface area (Å²) in [4.78, 5) is 0. The standard InChI is InChI=1S/C21H20F2N2/c1-5-18(20(13-24)25-4)16-10-8-15(9-11-16)17-7-6-14(2)19(12-17)21(3,22)23/h5-12,25H,1H2,2-4H3/b20-18+. The van der Waals surface area contributed by atoms with Gasteiger partial charge in [-0.2, -0.15) is 5.26 Å². The second-order valence-corrected chi connectivity index (χ2v) is 5.85. The van der Waals surface area contributed by atoms with Crippen LogP contribution in [0.25, 0.3) is 16.7 Å². The fourth-order valence-electron chi connectivity index (χ4n) is 2.73. The van der Waals surface area contributed by atoms with Gasteiger partial charge in [0.15, 0.2) is 0 Å². The number of allylic oxidation sites excluding steroid dienone is 3. The lowest BCUT2D eigenvalue weighted by molar-refractivity contribution is 0.0169. The molecule has 0 heterocycles. The Bertz CT molecular complexity index is 851. The Kier molecular flexibility index (Phi) is 5.38. The van der Waals surface area contributed by atoms with Crippen LogP contribution in [0.1, 0.15) is 23.6 Å². The van der Waals surface area contributed by atoms with Crippen molar-refractivity contribution in [2.75, 3.05) is 7.05 Å². The van der Waals surface area contributed by atoms with Crippen molar-refractivity contribution in [3.05, 3.63) is 77.5 Å². The molecular weight excluding hydrogens is 318 g/mol. The Morgan fingerprint density at radius 3 is 2.24 bits per heavy atom. The fraction of sp³-hybridized carbons (Fsp3) is 0.190. The first-order valence-corrected chi connectivity index (χ1v) is 7.86. The molecule has 2 aromatic rings. The lowest BCUT2D eigenvalue weighted by Crippen LogP contribution is -2.09. The zero-order chi connectivity index (χ0) is 18.6. The van der Waals surface area contributed by atoms with Crippen molar-refractivity contribution in [1.29, 1.82) is 5.26 Å². The molecule has 0 bridgehead atoms. The molecule has 0 saturated carbocycles. The third kappa shape index (κ3) is 3.95. The molecule has 0 saturated heterocycles. The van der Waals surface area contributed by atoms with E-state index < -0.39 is 5.92 Å². The van der Waals surface area contributed by atoms with E-state index in [4.69, 9.17) is 5.26 Å². The van der Waals surface area contributed by atoms with E-state index in [9.17, 15) is 8.78 Å². The largest absolute Gasteiger partial charge is 0.379 e. The molecule has 0 aliphatic rings. The molecule has 128 valence electrons. The quantitative estimate of drug-likeness (QED) is 0.584. The summed E-state index contributed by atoms with van der Waals surface area (Å²) in [6, 6.07) is 14.6. The minimum Gasteiger partial charge on any atom is -0.379 e. The van der Waals surface area contributed by atoms with Gasteiger partial charge in [0.1, 0.15) is 11.8 Å². The maximum Gasteiger partial charge on any atom is 0.270 e. The van der Waals surface area contributed by atoms with E-state index in [-0.39, 0.29) is 5.56 Å². The highest BCUT2D eigenvalue weighted by molar-refractivity contribution is 5.79. The minimum atomic E-state index is -2.88. The van der Waals surface area contributed by atoms with Crippen LogP contribution in [0.4, 0.5) is 8.78 Å². The summed E-state index contributed by atoms with van der Waals surface area (Å²) in [7, 11) is 1.68. The minimum absolute atomic E-state index is 0.0303. The first kappa shape index (κ1) is 18.4. The maximum absolute atomic E-state index is 13.7. The van der Waals surface area contributed by atoms with Crippen LogP contribution in [0.2, 0.25) is 0 Å². The van der Waals surface area contributed by atoms with Gasteiger partial charge in [0.2, 0.25) is 0 Å². The van der Waals surface area contributed by atoms with Crippen LogP contribution in [-0.2, 0) is 5.92 Å². The number of nitrogens with zero attached hydrogens (tertiary/aromatic N) is 1. The zero-order valence-corrected chi connectivity index (χ0v) is 14.5. The highest BCUT2D eigenvalue weighted by Gasteiger charge is 2.26. The molecular formula is C21H20F2N2. The Hall–Kier alpha value is -2.93. The molecule has 0 amide bonds. The molecule has 0 aliphatic heterocycles. The van der Waals surface area contributed by atoms with Crippen molar-refractivity contribution in [1.82, 2.24) is 5.32 Å². The molecule has 0 aliphatic carbocycles. The third-order valence-corrected chi connectivity index (χ3v) is 4.08. The van der Waals surface area contributed by atoms with Gasteiger partial charge in [-0.1, -0.05) is 49.1 Å². The Balaban J connectivity index is 2.47. The van der Waals surface area contributed by atoms with Gasteiger partial charge in [-0.25, -0.2) is 8.78 Å². The van der Waals surface area contributed by atoms with Gasteiger partial charge in [-0.15, -0.1) is 0 Å². The van der Waals surface area contributed by atoms with E-state index in [1.807, 2.05) is 30.3 Å². The van der Waals surface area contributed by atoms with Crippen LogP contribution in [0.5, 0.6) is 0 Å². The average molecular weight is 338 g/mol. The number of aryl methyl sites for hydroxylation is 1. The van der Waals surface area contributed by atoms with Gasteiger partial charge in [-0.05, 0) is 35.2 Å². The lowest BCUT2D eigenvalue weighted by atomic mass is 9.95. The number of hydrogen-bond acceptors (Lipinski definition) is 2. The SMILES string of the molecule is C=C/C(=C(/C#N)NC)c1ccc(-c2ccc(C)c(C(C)(F)F)c2)cc1. The number of hydrogen-bond donors (Lipinski definition) is 1. The van der Waals surface area contributed by atoms with Crippen molar-refractivity contribution >= 4 is 5.57 Å². The molecule has 1 N–H and O–H groups in total. The number of nitriles is 1. The summed E-state index contributed by atoms with van der Waals surface area (Å²) in [6.45, 7) is 6.34. The first-order chi connectivity index (χ1) is 11.8. The van der Waals surface area contributed by atoms with Crippen molar-refractivity contribution in [2.24, 2.45) is 0 Å². The molecule has 2 nitrogen and oxygen atoms in total. The van der Waals surface area contributed by atoms with E-state index in [0.717, 1.165) is 23.6 Å². The van der Waals surface area contributed by atoms with Crippen LogP contribution in [0, 0.1) is 18.3 Å². The predicted octanol–water partition coefficient (Wildman–Crippen LogP) is 5.41. The molecule has 0 radical (unpaired) electrons. The van der Waals surface area contributed by atoms with Crippen molar-refractivity contribution in [2.45, 2.75) is 19.8 Å². The molecule has 25 heavy (non-hydrogen) atoms. The summed E-state index contributed by atoms with van der Waals surface area (Å²) in [5.41, 5.74) is 4.11. The Labute approximate surface area is 147 Å². The van der Waals surface area contributed by atoms with Gasteiger partial charge in [0.25, 0.3) is 5.92 Å². The van der Waals surface area contributed by atoms with E-state index in [0.29, 0.717) is 16.8 Å². The number of halogens is 2. The van der Waals surface area contributed by atoms with Crippen LogP contribution in [-0.4, -0.2) is 7.05 Å². The van der Waals surface area contributed by atoms with Gasteiger partial charge < -0.3 is 5.32 Å². The smallest absolute Gasteiger partial charge is 0.270 e. The summed E-state index contributed by atoms with van der Waals surface area (Å²) in [5.74, 6) is -2.88. The molecule has 4 heteroatoms. The first-order valence-electron chi connectivity index (χ1n) is 7.86. The highest BCUT2D eigenvalue weighted by Crippen LogP contribution is 2.33. The monoisotopic (exact) mass is 338 g/mol. The third-order valence-electron chi connectivity index (χ3n) is 4.08. The Morgan fingerprint density at radius 1 is 1.16 bits per heavy atom. The number of nitrogens with one attached hydrogen (secondary N) is 1. The number of rotatable bonds is 5.